The fourth-order valence-corrected chi connectivity index (χ4v) is 2.28. The van der Waals surface area contributed by atoms with E-state index in [-0.39, 0.29) is 17.4 Å². The van der Waals surface area contributed by atoms with Gasteiger partial charge in [-0.15, -0.1) is 0 Å². The molecule has 1 aromatic heterocycles. The van der Waals surface area contributed by atoms with E-state index in [4.69, 9.17) is 9.56 Å². The van der Waals surface area contributed by atoms with E-state index >= 15 is 0 Å². The highest BCUT2D eigenvalue weighted by molar-refractivity contribution is 7.89. The highest BCUT2D eigenvalue weighted by Crippen LogP contribution is 2.16. The molecule has 1 aromatic carbocycles. The van der Waals surface area contributed by atoms with Crippen LogP contribution in [0.2, 0.25) is 0 Å². The van der Waals surface area contributed by atoms with E-state index < -0.39 is 22.0 Å². The molecule has 0 amide bonds. The van der Waals surface area contributed by atoms with E-state index in [1.165, 1.54) is 12.1 Å². The molecule has 0 bridgehead atoms. The van der Waals surface area contributed by atoms with Crippen molar-refractivity contribution in [3.05, 3.63) is 53.8 Å². The fraction of sp³-hybridized carbons (Fsp3) is 0.154. The van der Waals surface area contributed by atoms with Gasteiger partial charge in [0.05, 0.1) is 6.54 Å². The number of carbonyl (C=O) groups is 1. The molecule has 0 saturated heterocycles. The summed E-state index contributed by atoms with van der Waals surface area (Å²) < 4.78 is 27.2. The Balaban J connectivity index is 2.10. The first-order valence-electron chi connectivity index (χ1n) is 6.00. The fourth-order valence-electron chi connectivity index (χ4n) is 1.80. The molecule has 0 spiro atoms. The van der Waals surface area contributed by atoms with Crippen LogP contribution in [0.1, 0.15) is 17.4 Å². The van der Waals surface area contributed by atoms with Crippen molar-refractivity contribution in [1.29, 1.82) is 0 Å². The topological polar surface area (TPSA) is 123 Å². The number of carboxylic acids is 1. The number of carboxylic acid groups (broad SMARTS) is 1. The molecular formula is C13H14N2O5S. The van der Waals surface area contributed by atoms with Gasteiger partial charge in [0.25, 0.3) is 10.0 Å². The Labute approximate surface area is 121 Å². The molecule has 0 aliphatic carbocycles. The van der Waals surface area contributed by atoms with Gasteiger partial charge in [-0.25, -0.2) is 13.6 Å². The molecule has 1 unspecified atom stereocenters. The summed E-state index contributed by atoms with van der Waals surface area (Å²) in [5.74, 6) is -0.763. The number of primary sulfonamides is 1. The molecule has 21 heavy (non-hydrogen) atoms. The second kappa shape index (κ2) is 6.08. The van der Waals surface area contributed by atoms with E-state index in [1.54, 1.807) is 30.3 Å². The van der Waals surface area contributed by atoms with Gasteiger partial charge in [-0.3, -0.25) is 10.1 Å². The van der Waals surface area contributed by atoms with Crippen LogP contribution in [0.25, 0.3) is 0 Å². The average molecular weight is 310 g/mol. The largest absolute Gasteiger partial charge is 0.480 e. The molecule has 8 heteroatoms. The molecule has 112 valence electrons. The van der Waals surface area contributed by atoms with Gasteiger partial charge in [0.1, 0.15) is 11.8 Å². The molecule has 0 aliphatic rings. The summed E-state index contributed by atoms with van der Waals surface area (Å²) >= 11 is 0. The molecular weight excluding hydrogens is 296 g/mol. The zero-order chi connectivity index (χ0) is 15.5. The van der Waals surface area contributed by atoms with Crippen molar-refractivity contribution in [1.82, 2.24) is 5.32 Å². The summed E-state index contributed by atoms with van der Waals surface area (Å²) in [6.07, 6.45) is 0. The summed E-state index contributed by atoms with van der Waals surface area (Å²) in [6, 6.07) is 10.4. The van der Waals surface area contributed by atoms with Crippen molar-refractivity contribution in [3.63, 3.8) is 0 Å². The molecule has 2 rings (SSSR count). The SMILES string of the molecule is NS(=O)(=O)c1ccc(CNC(C(=O)O)c2ccccc2)o1. The Morgan fingerprint density at radius 3 is 2.43 bits per heavy atom. The lowest BCUT2D eigenvalue weighted by Gasteiger charge is -2.13. The summed E-state index contributed by atoms with van der Waals surface area (Å²) in [6.45, 7) is 0.0569. The normalized spacial score (nSPS) is 13.0. The van der Waals surface area contributed by atoms with Crippen LogP contribution in [0.3, 0.4) is 0 Å². The van der Waals surface area contributed by atoms with Crippen LogP contribution in [0.15, 0.2) is 52.0 Å². The van der Waals surface area contributed by atoms with Crippen molar-refractivity contribution in [2.45, 2.75) is 17.7 Å². The Kier molecular flexibility index (Phi) is 4.41. The standard InChI is InChI=1S/C13H14N2O5S/c14-21(18,19)11-7-6-10(20-11)8-15-12(13(16)17)9-4-2-1-3-5-9/h1-7,12,15H,8H2,(H,16,17)(H2,14,18,19). The Hall–Kier alpha value is -2.16. The minimum atomic E-state index is -3.90. The van der Waals surface area contributed by atoms with E-state index in [1.807, 2.05) is 0 Å². The lowest BCUT2D eigenvalue weighted by atomic mass is 10.1. The summed E-state index contributed by atoms with van der Waals surface area (Å²) in [4.78, 5) is 11.3. The first kappa shape index (κ1) is 15.2. The summed E-state index contributed by atoms with van der Waals surface area (Å²) in [5.41, 5.74) is 0.586. The number of benzene rings is 1. The van der Waals surface area contributed by atoms with Gasteiger partial charge >= 0.3 is 5.97 Å². The van der Waals surface area contributed by atoms with Crippen molar-refractivity contribution in [2.24, 2.45) is 5.14 Å². The van der Waals surface area contributed by atoms with Crippen molar-refractivity contribution in [2.75, 3.05) is 0 Å². The molecule has 0 fully saturated rings. The lowest BCUT2D eigenvalue weighted by molar-refractivity contribution is -0.139. The predicted molar refractivity (Wildman–Crippen MR) is 73.7 cm³/mol. The van der Waals surface area contributed by atoms with Crippen LogP contribution < -0.4 is 10.5 Å². The molecule has 0 aliphatic heterocycles. The second-order valence-corrected chi connectivity index (χ2v) is 5.82. The van der Waals surface area contributed by atoms with Gasteiger partial charge in [-0.2, -0.15) is 0 Å². The maximum atomic E-state index is 11.3. The van der Waals surface area contributed by atoms with E-state index in [0.717, 1.165) is 0 Å². The predicted octanol–water partition coefficient (Wildman–Crippen LogP) is 0.843. The number of sulfonamides is 1. The van der Waals surface area contributed by atoms with E-state index in [9.17, 15) is 18.3 Å². The van der Waals surface area contributed by atoms with Crippen molar-refractivity contribution in [3.8, 4) is 0 Å². The maximum absolute atomic E-state index is 11.3. The minimum absolute atomic E-state index is 0.0569. The average Bonchev–Trinajstić information content (AvgIpc) is 2.88. The first-order chi connectivity index (χ1) is 9.88. The van der Waals surface area contributed by atoms with Gasteiger partial charge in [0.2, 0.25) is 5.09 Å². The van der Waals surface area contributed by atoms with Crippen LogP contribution in [-0.2, 0) is 21.4 Å². The first-order valence-corrected chi connectivity index (χ1v) is 7.55. The quantitative estimate of drug-likeness (QED) is 0.726. The Morgan fingerprint density at radius 1 is 1.24 bits per heavy atom. The van der Waals surface area contributed by atoms with Crippen molar-refractivity contribution >= 4 is 16.0 Å². The molecule has 2 aromatic rings. The zero-order valence-corrected chi connectivity index (χ0v) is 11.7. The van der Waals surface area contributed by atoms with Gasteiger partial charge in [-0.1, -0.05) is 30.3 Å². The molecule has 4 N–H and O–H groups in total. The lowest BCUT2D eigenvalue weighted by Crippen LogP contribution is -2.27. The number of nitrogens with one attached hydrogen (secondary N) is 1. The number of hydrogen-bond donors (Lipinski definition) is 3. The van der Waals surface area contributed by atoms with Crippen molar-refractivity contribution < 1.29 is 22.7 Å². The third kappa shape index (κ3) is 3.91. The van der Waals surface area contributed by atoms with Crippen LogP contribution in [0.5, 0.6) is 0 Å². The van der Waals surface area contributed by atoms with Gasteiger partial charge in [0, 0.05) is 0 Å². The molecule has 1 atom stereocenters. The number of nitrogens with two attached hydrogens (primary N) is 1. The van der Waals surface area contributed by atoms with Crippen LogP contribution in [0.4, 0.5) is 0 Å². The third-order valence-electron chi connectivity index (χ3n) is 2.78. The molecule has 0 radical (unpaired) electrons. The highest BCUT2D eigenvalue weighted by Gasteiger charge is 2.20. The number of rotatable bonds is 6. The Morgan fingerprint density at radius 2 is 1.90 bits per heavy atom. The smallest absolute Gasteiger partial charge is 0.325 e. The van der Waals surface area contributed by atoms with Crippen LogP contribution >= 0.6 is 0 Å². The monoisotopic (exact) mass is 310 g/mol. The summed E-state index contributed by atoms with van der Waals surface area (Å²) in [5, 5.41) is 16.6. The maximum Gasteiger partial charge on any atom is 0.325 e. The molecule has 0 saturated carbocycles. The highest BCUT2D eigenvalue weighted by atomic mass is 32.2. The Bertz CT molecular complexity index is 724. The minimum Gasteiger partial charge on any atom is -0.480 e. The van der Waals surface area contributed by atoms with Gasteiger partial charge < -0.3 is 9.52 Å². The van der Waals surface area contributed by atoms with Crippen LogP contribution in [0, 0.1) is 0 Å². The third-order valence-corrected chi connectivity index (χ3v) is 3.56. The number of aliphatic carboxylic acids is 1. The molecule has 1 heterocycles. The number of furan rings is 1. The second-order valence-electron chi connectivity index (χ2n) is 4.33. The molecule has 7 nitrogen and oxygen atoms in total. The number of hydrogen-bond acceptors (Lipinski definition) is 5. The zero-order valence-electron chi connectivity index (χ0n) is 10.9. The van der Waals surface area contributed by atoms with Crippen LogP contribution in [-0.4, -0.2) is 19.5 Å². The van der Waals surface area contributed by atoms with Gasteiger partial charge in [0.15, 0.2) is 0 Å². The summed E-state index contributed by atoms with van der Waals surface area (Å²) in [7, 11) is -3.90. The van der Waals surface area contributed by atoms with Gasteiger partial charge in [-0.05, 0) is 17.7 Å². The van der Waals surface area contributed by atoms with E-state index in [0.29, 0.717) is 5.56 Å². The van der Waals surface area contributed by atoms with E-state index in [2.05, 4.69) is 5.32 Å².